The van der Waals surface area contributed by atoms with Crippen LogP contribution in [0.1, 0.15) is 32.1 Å². The zero-order valence-electron chi connectivity index (χ0n) is 23.7. The van der Waals surface area contributed by atoms with Crippen molar-refractivity contribution < 1.29 is 42.5 Å². The normalized spacial score (nSPS) is 13.2. The first-order chi connectivity index (χ1) is 21.2. The number of benzene rings is 3. The zero-order valence-corrected chi connectivity index (χ0v) is 23.7. The Morgan fingerprint density at radius 3 is 2.23 bits per heavy atom. The van der Waals surface area contributed by atoms with Gasteiger partial charge in [-0.3, -0.25) is 19.4 Å². The standard InChI is InChI=1S/C32H29F2N3O7/c1-42-27-17-22-24(18-28(27)43-15-3-2-4-29(38)39)35-14-11-25(22)44-26-10-9-21(16-23(26)34)37-31(41)32(12-13-32)30(40)36-20-7-5-19(33)6-8-20/h5-11,14,16-18H,2-4,12-13,15H2,1H3,(H,36,40)(H,37,41)(H,38,39). The van der Waals surface area contributed by atoms with E-state index in [1.54, 1.807) is 18.2 Å². The summed E-state index contributed by atoms with van der Waals surface area (Å²) in [7, 11) is 1.47. The van der Waals surface area contributed by atoms with Gasteiger partial charge in [0.15, 0.2) is 23.1 Å². The molecule has 0 unspecified atom stereocenters. The van der Waals surface area contributed by atoms with Crippen LogP contribution in [0.3, 0.4) is 0 Å². The fourth-order valence-corrected chi connectivity index (χ4v) is 4.55. The van der Waals surface area contributed by atoms with Crippen molar-refractivity contribution in [2.24, 2.45) is 5.41 Å². The van der Waals surface area contributed by atoms with Crippen LogP contribution in [0.25, 0.3) is 10.9 Å². The Kier molecular flexibility index (Phi) is 8.88. The Hall–Kier alpha value is -5.26. The molecule has 228 valence electrons. The van der Waals surface area contributed by atoms with Gasteiger partial charge in [-0.15, -0.1) is 0 Å². The van der Waals surface area contributed by atoms with Gasteiger partial charge in [-0.25, -0.2) is 8.78 Å². The summed E-state index contributed by atoms with van der Waals surface area (Å²) in [6, 6.07) is 14.0. The summed E-state index contributed by atoms with van der Waals surface area (Å²) >= 11 is 0. The number of pyridine rings is 1. The molecule has 44 heavy (non-hydrogen) atoms. The Bertz CT molecular complexity index is 1710. The number of nitrogens with zero attached hydrogens (tertiary/aromatic N) is 1. The van der Waals surface area contributed by atoms with E-state index in [4.69, 9.17) is 19.3 Å². The second-order valence-electron chi connectivity index (χ2n) is 10.3. The SMILES string of the molecule is COc1cc2c(Oc3ccc(NC(=O)C4(C(=O)Nc5ccc(F)cc5)CC4)cc3F)ccnc2cc1OCCCCC(=O)O. The molecular weight excluding hydrogens is 576 g/mol. The van der Waals surface area contributed by atoms with Crippen molar-refractivity contribution in [3.8, 4) is 23.0 Å². The number of ether oxygens (including phenoxy) is 3. The third-order valence-corrected chi connectivity index (χ3v) is 7.16. The van der Waals surface area contributed by atoms with E-state index in [1.165, 1.54) is 49.7 Å². The maximum Gasteiger partial charge on any atom is 0.303 e. The molecule has 0 bridgehead atoms. The molecule has 0 aliphatic heterocycles. The van der Waals surface area contributed by atoms with Crippen LogP contribution >= 0.6 is 0 Å². The van der Waals surface area contributed by atoms with Crippen LogP contribution in [-0.2, 0) is 14.4 Å². The van der Waals surface area contributed by atoms with E-state index >= 15 is 4.39 Å². The largest absolute Gasteiger partial charge is 0.493 e. The number of hydrogen-bond donors (Lipinski definition) is 3. The quantitative estimate of drug-likeness (QED) is 0.119. The number of anilines is 2. The maximum absolute atomic E-state index is 15.2. The molecule has 5 rings (SSSR count). The second-order valence-corrected chi connectivity index (χ2v) is 10.3. The fraction of sp³-hybridized carbons (Fsp3) is 0.250. The Labute approximate surface area is 251 Å². The summed E-state index contributed by atoms with van der Waals surface area (Å²) in [5.74, 6) is -2.15. The number of carboxylic acids is 1. The van der Waals surface area contributed by atoms with Gasteiger partial charge in [0.2, 0.25) is 11.8 Å². The van der Waals surface area contributed by atoms with Crippen LogP contribution in [0, 0.1) is 17.0 Å². The van der Waals surface area contributed by atoms with Crippen molar-refractivity contribution in [2.75, 3.05) is 24.4 Å². The van der Waals surface area contributed by atoms with Crippen LogP contribution in [0.5, 0.6) is 23.0 Å². The molecule has 1 aromatic heterocycles. The number of carboxylic acid groups (broad SMARTS) is 1. The van der Waals surface area contributed by atoms with E-state index in [1.807, 2.05) is 0 Å². The topological polar surface area (TPSA) is 136 Å². The fourth-order valence-electron chi connectivity index (χ4n) is 4.55. The molecule has 2 amide bonds. The van der Waals surface area contributed by atoms with Crippen molar-refractivity contribution >= 4 is 40.1 Å². The Morgan fingerprint density at radius 1 is 0.864 bits per heavy atom. The van der Waals surface area contributed by atoms with Crippen molar-refractivity contribution in [3.05, 3.63) is 78.5 Å². The number of aliphatic carboxylic acids is 1. The summed E-state index contributed by atoms with van der Waals surface area (Å²) in [6.07, 6.45) is 3.23. The number of unbranched alkanes of at least 4 members (excludes halogenated alkanes) is 1. The molecule has 0 atom stereocenters. The molecule has 10 nitrogen and oxygen atoms in total. The lowest BCUT2D eigenvalue weighted by Crippen LogP contribution is -2.35. The number of hydrogen-bond acceptors (Lipinski definition) is 7. The van der Waals surface area contributed by atoms with Gasteiger partial charge < -0.3 is 30.0 Å². The van der Waals surface area contributed by atoms with Crippen LogP contribution in [-0.4, -0.2) is 41.6 Å². The van der Waals surface area contributed by atoms with Gasteiger partial charge in [-0.05, 0) is 74.2 Å². The van der Waals surface area contributed by atoms with Crippen LogP contribution in [0.2, 0.25) is 0 Å². The van der Waals surface area contributed by atoms with E-state index in [-0.39, 0.29) is 17.9 Å². The summed E-state index contributed by atoms with van der Waals surface area (Å²) < 4.78 is 45.4. The summed E-state index contributed by atoms with van der Waals surface area (Å²) in [4.78, 5) is 40.8. The average molecular weight is 606 g/mol. The Morgan fingerprint density at radius 2 is 1.57 bits per heavy atom. The minimum Gasteiger partial charge on any atom is -0.493 e. The van der Waals surface area contributed by atoms with Crippen molar-refractivity contribution in [2.45, 2.75) is 32.1 Å². The first kappa shape index (κ1) is 30.2. The molecule has 1 aliphatic carbocycles. The predicted molar refractivity (Wildman–Crippen MR) is 157 cm³/mol. The van der Waals surface area contributed by atoms with Gasteiger partial charge in [0.25, 0.3) is 0 Å². The number of aromatic nitrogens is 1. The van der Waals surface area contributed by atoms with Gasteiger partial charge in [0.05, 0.1) is 19.2 Å². The third-order valence-electron chi connectivity index (χ3n) is 7.16. The number of carbonyl (C=O) groups excluding carboxylic acids is 2. The molecular formula is C32H29F2N3O7. The molecule has 1 heterocycles. The van der Waals surface area contributed by atoms with Gasteiger partial charge in [-0.2, -0.15) is 0 Å². The lowest BCUT2D eigenvalue weighted by Gasteiger charge is -2.16. The number of amides is 2. The molecule has 0 spiro atoms. The Balaban J connectivity index is 1.26. The predicted octanol–water partition coefficient (Wildman–Crippen LogP) is 6.31. The molecule has 1 fully saturated rings. The zero-order chi connectivity index (χ0) is 31.3. The van der Waals surface area contributed by atoms with E-state index in [2.05, 4.69) is 15.6 Å². The van der Waals surface area contributed by atoms with Gasteiger partial charge >= 0.3 is 5.97 Å². The minimum absolute atomic E-state index is 0.0567. The monoisotopic (exact) mass is 605 g/mol. The number of methoxy groups -OCH3 is 1. The van der Waals surface area contributed by atoms with E-state index < -0.39 is 34.8 Å². The highest BCUT2D eigenvalue weighted by molar-refractivity contribution is 6.16. The number of carbonyl (C=O) groups is 3. The van der Waals surface area contributed by atoms with Crippen molar-refractivity contribution in [1.82, 2.24) is 4.98 Å². The van der Waals surface area contributed by atoms with E-state index in [0.29, 0.717) is 66.1 Å². The van der Waals surface area contributed by atoms with E-state index in [0.717, 1.165) is 6.07 Å². The summed E-state index contributed by atoms with van der Waals surface area (Å²) in [5.41, 5.74) is -0.286. The third kappa shape index (κ3) is 6.86. The first-order valence-electron chi connectivity index (χ1n) is 13.9. The van der Waals surface area contributed by atoms with Gasteiger partial charge in [0.1, 0.15) is 17.0 Å². The molecule has 1 aliphatic rings. The lowest BCUT2D eigenvalue weighted by molar-refractivity contribution is -0.137. The molecule has 0 radical (unpaired) electrons. The van der Waals surface area contributed by atoms with Gasteiger partial charge in [-0.1, -0.05) is 0 Å². The second kappa shape index (κ2) is 12.9. The number of halogens is 2. The minimum atomic E-state index is -1.30. The van der Waals surface area contributed by atoms with Crippen molar-refractivity contribution in [3.63, 3.8) is 0 Å². The molecule has 3 N–H and O–H groups in total. The first-order valence-corrected chi connectivity index (χ1v) is 13.9. The molecule has 3 aromatic carbocycles. The highest BCUT2D eigenvalue weighted by Crippen LogP contribution is 2.47. The maximum atomic E-state index is 15.2. The molecule has 0 saturated heterocycles. The van der Waals surface area contributed by atoms with Gasteiger partial charge in [0, 0.05) is 41.5 Å². The number of rotatable bonds is 13. The molecule has 4 aromatic rings. The van der Waals surface area contributed by atoms with Crippen LogP contribution in [0.15, 0.2) is 66.9 Å². The highest BCUT2D eigenvalue weighted by atomic mass is 19.1. The van der Waals surface area contributed by atoms with E-state index in [9.17, 15) is 18.8 Å². The lowest BCUT2D eigenvalue weighted by atomic mass is 10.0. The van der Waals surface area contributed by atoms with Crippen LogP contribution < -0.4 is 24.8 Å². The average Bonchev–Trinajstić information content (AvgIpc) is 3.82. The molecule has 12 heteroatoms. The summed E-state index contributed by atoms with van der Waals surface area (Å²) in [6.45, 7) is 0.291. The van der Waals surface area contributed by atoms with Crippen molar-refractivity contribution in [1.29, 1.82) is 0 Å². The van der Waals surface area contributed by atoms with Crippen LogP contribution in [0.4, 0.5) is 20.2 Å². The molecule has 1 saturated carbocycles. The smallest absolute Gasteiger partial charge is 0.303 e. The highest BCUT2D eigenvalue weighted by Gasteiger charge is 2.56. The number of nitrogens with one attached hydrogen (secondary N) is 2. The number of fused-ring (bicyclic) bond motifs is 1. The summed E-state index contributed by atoms with van der Waals surface area (Å²) in [5, 5.41) is 14.5.